The molecule has 0 radical (unpaired) electrons. The van der Waals surface area contributed by atoms with E-state index in [1.807, 2.05) is 24.3 Å². The average molecular weight is 515 g/mol. The molecule has 7 nitrogen and oxygen atoms in total. The lowest BCUT2D eigenvalue weighted by atomic mass is 10.1. The molecule has 0 aromatic heterocycles. The summed E-state index contributed by atoms with van der Waals surface area (Å²) in [6, 6.07) is 20.6. The van der Waals surface area contributed by atoms with Gasteiger partial charge in [-0.3, -0.25) is 9.10 Å². The van der Waals surface area contributed by atoms with Crippen molar-refractivity contribution in [2.45, 2.75) is 30.8 Å². The summed E-state index contributed by atoms with van der Waals surface area (Å²) in [5.74, 6) is 0.559. The molecule has 4 rings (SSSR count). The predicted octanol–water partition coefficient (Wildman–Crippen LogP) is 4.44. The fraction of sp³-hybridized carbons (Fsp3) is 0.269. The van der Waals surface area contributed by atoms with Crippen molar-refractivity contribution in [1.29, 1.82) is 0 Å². The van der Waals surface area contributed by atoms with E-state index in [2.05, 4.69) is 12.2 Å². The smallest absolute Gasteiger partial charge is 0.264 e. The second kappa shape index (κ2) is 11.0. The number of halogens is 1. The molecule has 1 amide bonds. The maximum Gasteiger partial charge on any atom is 0.264 e. The fourth-order valence-electron chi connectivity index (χ4n) is 3.81. The Kier molecular flexibility index (Phi) is 7.83. The molecule has 0 fully saturated rings. The van der Waals surface area contributed by atoms with Crippen LogP contribution in [0.3, 0.4) is 0 Å². The third-order valence-corrected chi connectivity index (χ3v) is 7.58. The van der Waals surface area contributed by atoms with Gasteiger partial charge in [0.25, 0.3) is 15.9 Å². The number of ether oxygens (including phenoxy) is 2. The number of hydrogen-bond acceptors (Lipinski definition) is 5. The molecule has 0 unspecified atom stereocenters. The van der Waals surface area contributed by atoms with Crippen LogP contribution >= 0.6 is 11.6 Å². The van der Waals surface area contributed by atoms with Crippen LogP contribution in [0.2, 0.25) is 5.02 Å². The van der Waals surface area contributed by atoms with Crippen LogP contribution in [0.4, 0.5) is 5.69 Å². The van der Waals surface area contributed by atoms with E-state index in [0.29, 0.717) is 10.7 Å². The number of aryl methyl sites for hydroxylation is 1. The minimum Gasteiger partial charge on any atom is -0.492 e. The van der Waals surface area contributed by atoms with Gasteiger partial charge in [-0.25, -0.2) is 8.42 Å². The van der Waals surface area contributed by atoms with Crippen LogP contribution in [0.15, 0.2) is 77.7 Å². The van der Waals surface area contributed by atoms with E-state index in [1.165, 1.54) is 28.1 Å². The number of carbonyl (C=O) groups is 1. The van der Waals surface area contributed by atoms with Gasteiger partial charge in [0, 0.05) is 5.02 Å². The van der Waals surface area contributed by atoms with Gasteiger partial charge in [0.1, 0.15) is 18.1 Å². The van der Waals surface area contributed by atoms with Gasteiger partial charge in [0.05, 0.1) is 23.7 Å². The highest BCUT2D eigenvalue weighted by Crippen LogP contribution is 2.38. The average Bonchev–Trinajstić information content (AvgIpc) is 2.87. The second-order valence-corrected chi connectivity index (χ2v) is 10.4. The maximum absolute atomic E-state index is 13.4. The Balaban J connectivity index is 1.42. The number of nitrogens with zero attached hydrogens (tertiary/aromatic N) is 1. The first-order chi connectivity index (χ1) is 16.9. The van der Waals surface area contributed by atoms with E-state index < -0.39 is 22.0 Å². The topological polar surface area (TPSA) is 84.9 Å². The van der Waals surface area contributed by atoms with Crippen LogP contribution in [0, 0.1) is 0 Å². The summed E-state index contributed by atoms with van der Waals surface area (Å²) in [6.45, 7) is 2.46. The third-order valence-electron chi connectivity index (χ3n) is 5.55. The van der Waals surface area contributed by atoms with E-state index in [9.17, 15) is 13.2 Å². The molecule has 0 spiro atoms. The largest absolute Gasteiger partial charge is 0.492 e. The van der Waals surface area contributed by atoms with Gasteiger partial charge < -0.3 is 14.8 Å². The molecular formula is C26H27ClN2O5S. The monoisotopic (exact) mass is 514 g/mol. The summed E-state index contributed by atoms with van der Waals surface area (Å²) in [6.07, 6.45) is 1.07. The Morgan fingerprint density at radius 1 is 1.11 bits per heavy atom. The van der Waals surface area contributed by atoms with Gasteiger partial charge in [-0.1, -0.05) is 55.3 Å². The van der Waals surface area contributed by atoms with Crippen LogP contribution in [-0.4, -0.2) is 40.1 Å². The van der Waals surface area contributed by atoms with Gasteiger partial charge in [-0.15, -0.1) is 0 Å². The minimum absolute atomic E-state index is 0.116. The van der Waals surface area contributed by atoms with Crippen molar-refractivity contribution < 1.29 is 22.7 Å². The van der Waals surface area contributed by atoms with E-state index >= 15 is 0 Å². The molecule has 3 aromatic carbocycles. The number of nitrogens with one attached hydrogen (secondary N) is 1. The van der Waals surface area contributed by atoms with Gasteiger partial charge >= 0.3 is 0 Å². The molecule has 0 bridgehead atoms. The molecule has 35 heavy (non-hydrogen) atoms. The molecule has 1 aliphatic heterocycles. The highest BCUT2D eigenvalue weighted by Gasteiger charge is 2.37. The SMILES string of the molecule is CCCc1ccc(OCCNC(=O)[C@H]2CN(S(=O)(=O)c3ccccc3)c3cc(Cl)ccc3O2)cc1. The zero-order valence-corrected chi connectivity index (χ0v) is 20.9. The molecule has 0 saturated carbocycles. The Labute approximate surface area is 210 Å². The van der Waals surface area contributed by atoms with Gasteiger partial charge in [-0.2, -0.15) is 0 Å². The lowest BCUT2D eigenvalue weighted by Gasteiger charge is -2.34. The van der Waals surface area contributed by atoms with Crippen molar-refractivity contribution in [1.82, 2.24) is 5.32 Å². The number of hydrogen-bond donors (Lipinski definition) is 1. The second-order valence-electron chi connectivity index (χ2n) is 8.10. The predicted molar refractivity (Wildman–Crippen MR) is 136 cm³/mol. The lowest BCUT2D eigenvalue weighted by Crippen LogP contribution is -2.51. The van der Waals surface area contributed by atoms with E-state index in [0.717, 1.165) is 18.6 Å². The van der Waals surface area contributed by atoms with E-state index in [4.69, 9.17) is 21.1 Å². The van der Waals surface area contributed by atoms with Gasteiger partial charge in [-0.05, 0) is 54.4 Å². The molecule has 0 saturated heterocycles. The van der Waals surface area contributed by atoms with Crippen LogP contribution in [0.1, 0.15) is 18.9 Å². The van der Waals surface area contributed by atoms with Gasteiger partial charge in [0.2, 0.25) is 0 Å². The summed E-state index contributed by atoms with van der Waals surface area (Å²) < 4.78 is 39.5. The molecule has 3 aromatic rings. The zero-order chi connectivity index (χ0) is 24.8. The van der Waals surface area contributed by atoms with Crippen LogP contribution in [0.25, 0.3) is 0 Å². The van der Waals surface area contributed by atoms with Crippen molar-refractivity contribution in [3.63, 3.8) is 0 Å². The fourth-order valence-corrected chi connectivity index (χ4v) is 5.46. The highest BCUT2D eigenvalue weighted by molar-refractivity contribution is 7.92. The Hall–Kier alpha value is -3.23. The van der Waals surface area contributed by atoms with Crippen molar-refractivity contribution in [3.8, 4) is 11.5 Å². The first kappa shape index (κ1) is 24.9. The van der Waals surface area contributed by atoms with E-state index in [-0.39, 0.29) is 30.3 Å². The summed E-state index contributed by atoms with van der Waals surface area (Å²) >= 11 is 6.13. The quantitative estimate of drug-likeness (QED) is 0.427. The standard InChI is InChI=1S/C26H27ClN2O5S/c1-2-6-19-9-12-21(13-10-19)33-16-15-28-26(30)25-18-29(23-17-20(27)11-14-24(23)34-25)35(31,32)22-7-4-3-5-8-22/h3-5,7-14,17,25H,2,6,15-16,18H2,1H3,(H,28,30)/t25-/m1/s1. The van der Waals surface area contributed by atoms with E-state index in [1.54, 1.807) is 30.3 Å². The molecule has 184 valence electrons. The molecule has 9 heteroatoms. The number of sulfonamides is 1. The third kappa shape index (κ3) is 5.89. The highest BCUT2D eigenvalue weighted by atomic mass is 35.5. The molecule has 1 aliphatic rings. The van der Waals surface area contributed by atoms with Crippen molar-refractivity contribution in [2.75, 3.05) is 24.0 Å². The molecule has 1 N–H and O–H groups in total. The van der Waals surface area contributed by atoms with Gasteiger partial charge in [0.15, 0.2) is 6.10 Å². The number of rotatable bonds is 9. The van der Waals surface area contributed by atoms with Crippen molar-refractivity contribution in [3.05, 3.63) is 83.4 Å². The number of anilines is 1. The van der Waals surface area contributed by atoms with Crippen LogP contribution in [0.5, 0.6) is 11.5 Å². The molecule has 0 aliphatic carbocycles. The van der Waals surface area contributed by atoms with Crippen molar-refractivity contribution >= 4 is 33.2 Å². The minimum atomic E-state index is -3.94. The zero-order valence-electron chi connectivity index (χ0n) is 19.3. The number of fused-ring (bicyclic) bond motifs is 1. The molecule has 1 heterocycles. The lowest BCUT2D eigenvalue weighted by molar-refractivity contribution is -0.127. The summed E-state index contributed by atoms with van der Waals surface area (Å²) in [5, 5.41) is 3.14. The number of carbonyl (C=O) groups excluding carboxylic acids is 1. The Morgan fingerprint density at radius 3 is 2.57 bits per heavy atom. The maximum atomic E-state index is 13.4. The number of benzene rings is 3. The summed E-state index contributed by atoms with van der Waals surface area (Å²) in [4.78, 5) is 13.0. The normalized spacial score (nSPS) is 15.1. The van der Waals surface area contributed by atoms with Crippen LogP contribution in [-0.2, 0) is 21.2 Å². The summed E-state index contributed by atoms with van der Waals surface area (Å²) in [7, 11) is -3.94. The van der Waals surface area contributed by atoms with Crippen LogP contribution < -0.4 is 19.1 Å². The number of amides is 1. The first-order valence-corrected chi connectivity index (χ1v) is 13.2. The first-order valence-electron chi connectivity index (χ1n) is 11.4. The molecular weight excluding hydrogens is 488 g/mol. The Morgan fingerprint density at radius 2 is 1.86 bits per heavy atom. The Bertz CT molecular complexity index is 1270. The molecule has 1 atom stereocenters. The van der Waals surface area contributed by atoms with Crippen molar-refractivity contribution in [2.24, 2.45) is 0 Å². The summed E-state index contributed by atoms with van der Waals surface area (Å²) in [5.41, 5.74) is 1.54.